The maximum Gasteiger partial charge on any atom is 0.255 e. The van der Waals surface area contributed by atoms with E-state index in [0.29, 0.717) is 22.0 Å². The molecule has 0 fully saturated rings. The van der Waals surface area contributed by atoms with Gasteiger partial charge in [-0.15, -0.1) is 0 Å². The fourth-order valence-electron chi connectivity index (χ4n) is 3.77. The molecule has 2 aromatic carbocycles. The van der Waals surface area contributed by atoms with Gasteiger partial charge in [0, 0.05) is 29.4 Å². The molecule has 35 heavy (non-hydrogen) atoms. The van der Waals surface area contributed by atoms with Gasteiger partial charge >= 0.3 is 0 Å². The minimum Gasteiger partial charge on any atom is -0.390 e. The first kappa shape index (κ1) is 31.3. The third-order valence-electron chi connectivity index (χ3n) is 5.92. The van der Waals surface area contributed by atoms with E-state index in [1.54, 1.807) is 6.92 Å². The van der Waals surface area contributed by atoms with Crippen molar-refractivity contribution in [1.82, 2.24) is 0 Å². The molecule has 2 aromatic rings. The van der Waals surface area contributed by atoms with Gasteiger partial charge < -0.3 is 20.1 Å². The van der Waals surface area contributed by atoms with Crippen LogP contribution in [-0.4, -0.2) is 32.4 Å². The number of aliphatic hydroxyl groups is 2. The van der Waals surface area contributed by atoms with Crippen molar-refractivity contribution in [2.24, 2.45) is 11.8 Å². The second-order valence-corrected chi connectivity index (χ2v) is 10.0. The number of halogens is 3. The summed E-state index contributed by atoms with van der Waals surface area (Å²) in [6, 6.07) is 7.35. The fourth-order valence-corrected chi connectivity index (χ4v) is 4.32. The molecule has 0 aliphatic heterocycles. The summed E-state index contributed by atoms with van der Waals surface area (Å²) in [4.78, 5) is 12.3. The molecule has 2 rings (SSSR count). The Kier molecular flexibility index (Phi) is 13.2. The molecule has 4 N–H and O–H groups in total. The molecule has 0 saturated heterocycles. The number of benzene rings is 2. The molecule has 3 atom stereocenters. The van der Waals surface area contributed by atoms with E-state index < -0.39 is 29.2 Å². The first-order chi connectivity index (χ1) is 16.4. The van der Waals surface area contributed by atoms with E-state index in [9.17, 15) is 23.8 Å². The van der Waals surface area contributed by atoms with Crippen molar-refractivity contribution in [2.45, 2.75) is 76.9 Å². The zero-order chi connectivity index (χ0) is 26.8. The second-order valence-electron chi connectivity index (χ2n) is 8.98. The summed E-state index contributed by atoms with van der Waals surface area (Å²) in [6.07, 6.45) is 3.57. The lowest BCUT2D eigenvalue weighted by Gasteiger charge is -2.38. The van der Waals surface area contributed by atoms with Crippen molar-refractivity contribution >= 4 is 35.2 Å². The highest BCUT2D eigenvalue weighted by Gasteiger charge is 2.38. The summed E-state index contributed by atoms with van der Waals surface area (Å²) in [7, 11) is 0. The van der Waals surface area contributed by atoms with Gasteiger partial charge in [0.2, 0.25) is 0 Å². The summed E-state index contributed by atoms with van der Waals surface area (Å²) < 4.78 is 34.8. The minimum atomic E-state index is -1.05. The zero-order valence-electron chi connectivity index (χ0n) is 20.8. The molecule has 9 heteroatoms. The van der Waals surface area contributed by atoms with Gasteiger partial charge in [0.15, 0.2) is 11.6 Å². The Labute approximate surface area is 216 Å². The number of anilines is 1. The number of nitrogens with one attached hydrogen (secondary N) is 1. The summed E-state index contributed by atoms with van der Waals surface area (Å²) in [5.41, 5.74) is -0.587. The zero-order valence-corrected chi connectivity index (χ0v) is 22.4. The van der Waals surface area contributed by atoms with Gasteiger partial charge in [0.1, 0.15) is 0 Å². The summed E-state index contributed by atoms with van der Waals surface area (Å²) in [5, 5.41) is 23.1. The summed E-state index contributed by atoms with van der Waals surface area (Å²) in [5.74, 6) is -2.26. The molecule has 0 bridgehead atoms. The van der Waals surface area contributed by atoms with Crippen LogP contribution in [0.5, 0.6) is 0 Å². The van der Waals surface area contributed by atoms with Crippen LogP contribution in [-0.2, 0) is 0 Å². The van der Waals surface area contributed by atoms with Crippen molar-refractivity contribution < 1.29 is 28.3 Å². The largest absolute Gasteiger partial charge is 0.390 e. The van der Waals surface area contributed by atoms with Crippen LogP contribution in [0.25, 0.3) is 0 Å². The molecule has 0 aliphatic carbocycles. The Morgan fingerprint density at radius 1 is 1.14 bits per heavy atom. The van der Waals surface area contributed by atoms with Crippen LogP contribution < -0.4 is 5.32 Å². The SMILES string of the molecule is CCCCC(CC)C(C)(O)C(O)C(C)C.O=C(Nc1ccc(F)c(F)c1)c1ccc(Cl)c(SO)c1. The van der Waals surface area contributed by atoms with Crippen molar-refractivity contribution in [1.29, 1.82) is 0 Å². The standard InChI is InChI=1S/C13H8ClF2NO2S.C13H28O2/c14-9-3-1-7(5-12(9)20-19)13(18)17-8-2-4-10(15)11(16)6-8;1-6-8-9-11(7-2)13(5,15)12(14)10(3)4/h1-6,19H,(H,17,18);10-12,14-15H,6-9H2,1-5H3. The molecule has 3 unspecified atom stereocenters. The first-order valence-corrected chi connectivity index (χ1v) is 12.8. The van der Waals surface area contributed by atoms with E-state index >= 15 is 0 Å². The van der Waals surface area contributed by atoms with Gasteiger partial charge in [0.25, 0.3) is 5.91 Å². The first-order valence-electron chi connectivity index (χ1n) is 11.7. The van der Waals surface area contributed by atoms with Crippen LogP contribution in [0.2, 0.25) is 5.02 Å². The predicted octanol–water partition coefficient (Wildman–Crippen LogP) is 7.41. The van der Waals surface area contributed by atoms with E-state index in [1.165, 1.54) is 24.3 Å². The van der Waals surface area contributed by atoms with E-state index in [-0.39, 0.29) is 23.1 Å². The van der Waals surface area contributed by atoms with Crippen LogP contribution in [0.15, 0.2) is 41.3 Å². The minimum absolute atomic E-state index is 0.107. The monoisotopic (exact) mass is 531 g/mol. The van der Waals surface area contributed by atoms with E-state index in [0.717, 1.165) is 37.8 Å². The Morgan fingerprint density at radius 3 is 2.31 bits per heavy atom. The number of unbranched alkanes of at least 4 members (excludes halogenated alkanes) is 1. The van der Waals surface area contributed by atoms with Crippen molar-refractivity contribution in [3.8, 4) is 0 Å². The second kappa shape index (κ2) is 14.8. The van der Waals surface area contributed by atoms with Crippen LogP contribution in [0, 0.1) is 23.5 Å². The molecule has 0 heterocycles. The lowest BCUT2D eigenvalue weighted by Crippen LogP contribution is -2.48. The van der Waals surface area contributed by atoms with Gasteiger partial charge in [-0.3, -0.25) is 4.79 Å². The molecular formula is C26H36ClF2NO4S. The fraction of sp³-hybridized carbons (Fsp3) is 0.500. The number of carbonyl (C=O) groups excluding carboxylic acids is 1. The predicted molar refractivity (Wildman–Crippen MR) is 139 cm³/mol. The van der Waals surface area contributed by atoms with Gasteiger partial charge in [-0.2, -0.15) is 0 Å². The maximum absolute atomic E-state index is 13.0. The summed E-state index contributed by atoms with van der Waals surface area (Å²) in [6.45, 7) is 9.92. The molecule has 0 aromatic heterocycles. The molecule has 196 valence electrons. The van der Waals surface area contributed by atoms with Gasteiger partial charge in [-0.05, 0) is 55.5 Å². The Balaban J connectivity index is 0.000000367. The number of rotatable bonds is 10. The Hall–Kier alpha value is -1.71. The highest BCUT2D eigenvalue weighted by Crippen LogP contribution is 2.32. The molecule has 1 amide bonds. The smallest absolute Gasteiger partial charge is 0.255 e. The number of amides is 1. The highest BCUT2D eigenvalue weighted by atomic mass is 35.5. The maximum atomic E-state index is 13.0. The molecule has 0 aliphatic rings. The van der Waals surface area contributed by atoms with Gasteiger partial charge in [-0.25, -0.2) is 8.78 Å². The number of aliphatic hydroxyl groups excluding tert-OH is 1. The number of hydrogen-bond donors (Lipinski definition) is 4. The normalized spacial score (nSPS) is 14.5. The van der Waals surface area contributed by atoms with E-state index in [4.69, 9.17) is 16.2 Å². The third kappa shape index (κ3) is 9.35. The molecular weight excluding hydrogens is 496 g/mol. The summed E-state index contributed by atoms with van der Waals surface area (Å²) >= 11 is 6.21. The average Bonchev–Trinajstić information content (AvgIpc) is 2.81. The van der Waals surface area contributed by atoms with E-state index in [2.05, 4.69) is 19.2 Å². The quantitative estimate of drug-likeness (QED) is 0.240. The lowest BCUT2D eigenvalue weighted by atomic mass is 9.76. The van der Waals surface area contributed by atoms with Crippen LogP contribution in [0.4, 0.5) is 14.5 Å². The molecule has 0 radical (unpaired) electrons. The van der Waals surface area contributed by atoms with Crippen LogP contribution in [0.1, 0.15) is 70.7 Å². The Bertz CT molecular complexity index is 959. The van der Waals surface area contributed by atoms with E-state index in [1.807, 2.05) is 13.8 Å². The number of carbonyl (C=O) groups is 1. The van der Waals surface area contributed by atoms with Crippen molar-refractivity contribution in [2.75, 3.05) is 5.32 Å². The molecule has 0 saturated carbocycles. The van der Waals surface area contributed by atoms with Crippen molar-refractivity contribution in [3.05, 3.63) is 58.6 Å². The topological polar surface area (TPSA) is 89.8 Å². The Morgan fingerprint density at radius 2 is 1.80 bits per heavy atom. The van der Waals surface area contributed by atoms with Crippen LogP contribution in [0.3, 0.4) is 0 Å². The third-order valence-corrected chi connectivity index (χ3v) is 6.90. The average molecular weight is 532 g/mol. The molecule has 5 nitrogen and oxygen atoms in total. The van der Waals surface area contributed by atoms with Crippen molar-refractivity contribution in [3.63, 3.8) is 0 Å². The lowest BCUT2D eigenvalue weighted by molar-refractivity contribution is -0.121. The number of hydrogen-bond acceptors (Lipinski definition) is 5. The molecule has 0 spiro atoms. The highest BCUT2D eigenvalue weighted by molar-refractivity contribution is 7.93. The van der Waals surface area contributed by atoms with Crippen LogP contribution >= 0.6 is 23.6 Å². The van der Waals surface area contributed by atoms with Gasteiger partial charge in [-0.1, -0.05) is 58.6 Å². The van der Waals surface area contributed by atoms with Gasteiger partial charge in [0.05, 0.1) is 21.6 Å².